The summed E-state index contributed by atoms with van der Waals surface area (Å²) in [5, 5.41) is 2.91. The Morgan fingerprint density at radius 2 is 1.71 bits per heavy atom. The molecule has 0 bridgehead atoms. The van der Waals surface area contributed by atoms with Crippen molar-refractivity contribution in [2.75, 3.05) is 23.7 Å². The van der Waals surface area contributed by atoms with Crippen molar-refractivity contribution in [3.05, 3.63) is 64.1 Å². The van der Waals surface area contributed by atoms with Crippen LogP contribution in [0.5, 0.6) is 0 Å². The second-order valence-corrected chi connectivity index (χ2v) is 11.5. The highest BCUT2D eigenvalue weighted by molar-refractivity contribution is 9.10. The molecule has 0 saturated heterocycles. The van der Waals surface area contributed by atoms with Gasteiger partial charge in [0.05, 0.1) is 11.9 Å². The number of carbonyl (C=O) groups is 2. The quantitative estimate of drug-likeness (QED) is 0.358. The maximum absolute atomic E-state index is 13.3. The summed E-state index contributed by atoms with van der Waals surface area (Å²) in [5.74, 6) is -0.383. The summed E-state index contributed by atoms with van der Waals surface area (Å²) in [7, 11) is -3.51. The molecule has 0 radical (unpaired) electrons. The molecule has 2 amide bonds. The van der Waals surface area contributed by atoms with Gasteiger partial charge in [-0.3, -0.25) is 13.9 Å². The first-order chi connectivity index (χ1) is 16.5. The number of halogens is 1. The number of sulfonamides is 1. The van der Waals surface area contributed by atoms with Crippen molar-refractivity contribution in [2.45, 2.75) is 59.0 Å². The number of carbonyl (C=O) groups excluding carboxylic acids is 2. The van der Waals surface area contributed by atoms with Crippen molar-refractivity contribution in [3.8, 4) is 0 Å². The van der Waals surface area contributed by atoms with E-state index < -0.39 is 16.1 Å². The fourth-order valence-corrected chi connectivity index (χ4v) is 5.02. The van der Waals surface area contributed by atoms with Gasteiger partial charge < -0.3 is 10.2 Å². The van der Waals surface area contributed by atoms with Crippen LogP contribution in [-0.4, -0.2) is 50.5 Å². The number of hydrogen-bond donors (Lipinski definition) is 1. The number of rotatable bonds is 13. The Hall–Kier alpha value is -2.39. The van der Waals surface area contributed by atoms with Gasteiger partial charge in [0, 0.05) is 30.5 Å². The third-order valence-corrected chi connectivity index (χ3v) is 7.51. The maximum Gasteiger partial charge on any atom is 0.242 e. The van der Waals surface area contributed by atoms with E-state index in [1.165, 1.54) is 10.6 Å². The summed E-state index contributed by atoms with van der Waals surface area (Å²) in [6, 6.07) is 14.3. The Bertz CT molecular complexity index is 1090. The van der Waals surface area contributed by atoms with E-state index in [4.69, 9.17) is 0 Å². The summed E-state index contributed by atoms with van der Waals surface area (Å²) < 4.78 is 27.2. The van der Waals surface area contributed by atoms with E-state index in [1.807, 2.05) is 43.3 Å². The standard InChI is InChI=1S/C26H36BrN3O4S/c1-5-6-17-28-26(32)21(3)29(19-22-13-15-23(27)16-14-22)25(31)12-9-18-30(35(4,33)34)24-11-8-7-10-20(24)2/h7-8,10-11,13-16,21H,5-6,9,12,17-19H2,1-4H3,(H,28,32). The lowest BCUT2D eigenvalue weighted by Gasteiger charge is -2.29. The predicted molar refractivity (Wildman–Crippen MR) is 145 cm³/mol. The van der Waals surface area contributed by atoms with E-state index in [-0.39, 0.29) is 24.8 Å². The highest BCUT2D eigenvalue weighted by Crippen LogP contribution is 2.23. The van der Waals surface area contributed by atoms with E-state index in [0.29, 0.717) is 25.2 Å². The number of aryl methyl sites for hydroxylation is 1. The first-order valence-electron chi connectivity index (χ1n) is 11.9. The molecule has 2 aromatic carbocycles. The third kappa shape index (κ3) is 8.96. The van der Waals surface area contributed by atoms with Gasteiger partial charge in [-0.1, -0.05) is 59.6 Å². The number of nitrogens with zero attached hydrogens (tertiary/aromatic N) is 2. The van der Waals surface area contributed by atoms with Crippen molar-refractivity contribution in [1.82, 2.24) is 10.2 Å². The molecule has 0 aromatic heterocycles. The molecule has 2 aromatic rings. The Morgan fingerprint density at radius 3 is 2.31 bits per heavy atom. The van der Waals surface area contributed by atoms with E-state index in [9.17, 15) is 18.0 Å². The first-order valence-corrected chi connectivity index (χ1v) is 14.5. The second kappa shape index (κ2) is 13.6. The number of unbranched alkanes of at least 4 members (excludes halogenated alkanes) is 1. The van der Waals surface area contributed by atoms with Gasteiger partial charge >= 0.3 is 0 Å². The molecule has 35 heavy (non-hydrogen) atoms. The largest absolute Gasteiger partial charge is 0.354 e. The molecule has 0 heterocycles. The molecule has 0 fully saturated rings. The number of amides is 2. The Morgan fingerprint density at radius 1 is 1.06 bits per heavy atom. The van der Waals surface area contributed by atoms with Crippen molar-refractivity contribution >= 4 is 43.5 Å². The average Bonchev–Trinajstić information content (AvgIpc) is 2.81. The zero-order valence-electron chi connectivity index (χ0n) is 21.0. The molecule has 0 saturated carbocycles. The topological polar surface area (TPSA) is 86.8 Å². The van der Waals surface area contributed by atoms with E-state index in [1.54, 1.807) is 24.0 Å². The molecule has 0 spiro atoms. The second-order valence-electron chi connectivity index (χ2n) is 8.69. The predicted octanol–water partition coefficient (Wildman–Crippen LogP) is 4.64. The Kier molecular flexibility index (Phi) is 11.2. The van der Waals surface area contributed by atoms with Gasteiger partial charge in [-0.15, -0.1) is 0 Å². The molecule has 1 unspecified atom stereocenters. The van der Waals surface area contributed by atoms with Crippen molar-refractivity contribution in [2.24, 2.45) is 0 Å². The highest BCUT2D eigenvalue weighted by atomic mass is 79.9. The van der Waals surface area contributed by atoms with Crippen molar-refractivity contribution in [3.63, 3.8) is 0 Å². The van der Waals surface area contributed by atoms with Gasteiger partial charge in [-0.05, 0) is 56.0 Å². The van der Waals surface area contributed by atoms with Crippen LogP contribution in [0.25, 0.3) is 0 Å². The molecule has 1 atom stereocenters. The Balaban J connectivity index is 2.14. The van der Waals surface area contributed by atoms with Crippen LogP contribution in [0.2, 0.25) is 0 Å². The monoisotopic (exact) mass is 565 g/mol. The lowest BCUT2D eigenvalue weighted by atomic mass is 10.1. The fourth-order valence-electron chi connectivity index (χ4n) is 3.73. The summed E-state index contributed by atoms with van der Waals surface area (Å²) >= 11 is 3.42. The van der Waals surface area contributed by atoms with Crippen LogP contribution in [-0.2, 0) is 26.2 Å². The van der Waals surface area contributed by atoms with Crippen LogP contribution in [0.4, 0.5) is 5.69 Å². The first kappa shape index (κ1) is 28.8. The molecule has 2 rings (SSSR count). The molecule has 0 aliphatic carbocycles. The molecule has 0 aliphatic heterocycles. The summed E-state index contributed by atoms with van der Waals surface area (Å²) in [6.07, 6.45) is 3.47. The highest BCUT2D eigenvalue weighted by Gasteiger charge is 2.26. The van der Waals surface area contributed by atoms with Crippen LogP contribution < -0.4 is 9.62 Å². The smallest absolute Gasteiger partial charge is 0.242 e. The molecular weight excluding hydrogens is 530 g/mol. The summed E-state index contributed by atoms with van der Waals surface area (Å²) in [5.41, 5.74) is 2.36. The number of nitrogens with one attached hydrogen (secondary N) is 1. The van der Waals surface area contributed by atoms with Crippen molar-refractivity contribution < 1.29 is 18.0 Å². The van der Waals surface area contributed by atoms with E-state index in [0.717, 1.165) is 28.4 Å². The minimum atomic E-state index is -3.51. The molecular formula is C26H36BrN3O4S. The third-order valence-electron chi connectivity index (χ3n) is 5.80. The average molecular weight is 567 g/mol. The SMILES string of the molecule is CCCCNC(=O)C(C)N(Cc1ccc(Br)cc1)C(=O)CCCN(c1ccccc1C)S(C)(=O)=O. The molecule has 1 N–H and O–H groups in total. The van der Waals surface area contributed by atoms with Gasteiger partial charge in [0.2, 0.25) is 21.8 Å². The normalized spacial score (nSPS) is 12.1. The van der Waals surface area contributed by atoms with Crippen LogP contribution in [0.3, 0.4) is 0 Å². The van der Waals surface area contributed by atoms with Crippen molar-refractivity contribution in [1.29, 1.82) is 0 Å². The number of para-hydroxylation sites is 1. The van der Waals surface area contributed by atoms with E-state index >= 15 is 0 Å². The lowest BCUT2D eigenvalue weighted by molar-refractivity contribution is -0.140. The fraction of sp³-hybridized carbons (Fsp3) is 0.462. The number of hydrogen-bond acceptors (Lipinski definition) is 4. The zero-order chi connectivity index (χ0) is 26.0. The molecule has 0 aliphatic rings. The molecule has 9 heteroatoms. The zero-order valence-corrected chi connectivity index (χ0v) is 23.4. The Labute approximate surface area is 218 Å². The molecule has 192 valence electrons. The van der Waals surface area contributed by atoms with Gasteiger partial charge in [-0.2, -0.15) is 0 Å². The minimum absolute atomic E-state index is 0.126. The number of benzene rings is 2. The van der Waals surface area contributed by atoms with Gasteiger partial charge in [0.1, 0.15) is 6.04 Å². The van der Waals surface area contributed by atoms with Gasteiger partial charge in [0.25, 0.3) is 0 Å². The molecule has 7 nitrogen and oxygen atoms in total. The van der Waals surface area contributed by atoms with Gasteiger partial charge in [-0.25, -0.2) is 8.42 Å². The minimum Gasteiger partial charge on any atom is -0.354 e. The van der Waals surface area contributed by atoms with Crippen LogP contribution in [0.1, 0.15) is 50.7 Å². The van der Waals surface area contributed by atoms with Crippen LogP contribution in [0.15, 0.2) is 53.0 Å². The number of anilines is 1. The lowest BCUT2D eigenvalue weighted by Crippen LogP contribution is -2.48. The maximum atomic E-state index is 13.3. The van der Waals surface area contributed by atoms with Crippen LogP contribution in [0, 0.1) is 6.92 Å². The van der Waals surface area contributed by atoms with Gasteiger partial charge in [0.15, 0.2) is 0 Å². The summed E-state index contributed by atoms with van der Waals surface area (Å²) in [6.45, 7) is 6.68. The van der Waals surface area contributed by atoms with Crippen LogP contribution >= 0.6 is 15.9 Å². The van der Waals surface area contributed by atoms with E-state index in [2.05, 4.69) is 28.2 Å². The summed E-state index contributed by atoms with van der Waals surface area (Å²) in [4.78, 5) is 27.6.